The molecule has 1 aliphatic heterocycles. The summed E-state index contributed by atoms with van der Waals surface area (Å²) in [6, 6.07) is 61.0. The third-order valence-electron chi connectivity index (χ3n) is 14.9. The first kappa shape index (κ1) is 34.9. The molecule has 6 aliphatic rings. The molecule has 1 aromatic heterocycles. The number of para-hydroxylation sites is 2. The standard InChI is InChI=1S/C57H43N3O/c1-35-40-30-36-31-41(35)34-56(32-36,33-40)55-59-53(39-28-26-38(27-29-39)37-14-3-2-4-15-37)58-54(60-55)46-19-6-5-16-42(46)45-20-13-24-50-52(45)61-51-25-12-11-23-49(51)57(50)47-21-9-7-17-43(47)44-18-8-10-22-48(44)57/h2-29,36,40-41H,1,30-34H2/t36-,40+,41?,56?/m0/s1. The maximum atomic E-state index is 7.15. The zero-order valence-corrected chi connectivity index (χ0v) is 33.9. The number of aromatic nitrogens is 3. The highest BCUT2D eigenvalue weighted by Crippen LogP contribution is 2.64. The third-order valence-corrected chi connectivity index (χ3v) is 14.9. The predicted molar refractivity (Wildman–Crippen MR) is 243 cm³/mol. The van der Waals surface area contributed by atoms with E-state index in [4.69, 9.17) is 19.7 Å². The molecule has 0 amide bonds. The molecule has 4 saturated carbocycles. The predicted octanol–water partition coefficient (Wildman–Crippen LogP) is 13.6. The molecule has 2 unspecified atom stereocenters. The Hall–Kier alpha value is -6.91. The fraction of sp³-hybridized carbons (Fsp3) is 0.175. The molecule has 8 aromatic rings. The lowest BCUT2D eigenvalue weighted by atomic mass is 9.48. The van der Waals surface area contributed by atoms with Crippen molar-refractivity contribution in [2.45, 2.75) is 42.9 Å². The molecule has 4 nitrogen and oxygen atoms in total. The molecule has 2 heterocycles. The summed E-state index contributed by atoms with van der Waals surface area (Å²) in [5.41, 5.74) is 14.6. The normalized spacial score (nSPS) is 22.0. The van der Waals surface area contributed by atoms with E-state index in [0.717, 1.165) is 75.8 Å². The summed E-state index contributed by atoms with van der Waals surface area (Å²) in [7, 11) is 0. The van der Waals surface area contributed by atoms with E-state index in [1.54, 1.807) is 0 Å². The Labute approximate surface area is 356 Å². The zero-order chi connectivity index (χ0) is 40.3. The molecule has 61 heavy (non-hydrogen) atoms. The molecule has 0 saturated heterocycles. The Balaban J connectivity index is 1.01. The van der Waals surface area contributed by atoms with E-state index in [-0.39, 0.29) is 5.41 Å². The van der Waals surface area contributed by atoms with Gasteiger partial charge >= 0.3 is 0 Å². The highest BCUT2D eigenvalue weighted by Gasteiger charge is 2.55. The molecule has 14 rings (SSSR count). The minimum atomic E-state index is -0.551. The van der Waals surface area contributed by atoms with Crippen LogP contribution in [-0.4, -0.2) is 15.0 Å². The van der Waals surface area contributed by atoms with E-state index in [0.29, 0.717) is 23.6 Å². The molecule has 292 valence electrons. The molecular formula is C57H43N3O. The molecule has 0 N–H and O–H groups in total. The Morgan fingerprint density at radius 1 is 0.443 bits per heavy atom. The van der Waals surface area contributed by atoms with Gasteiger partial charge in [0.1, 0.15) is 17.3 Å². The number of nitrogens with zero attached hydrogens (tertiary/aromatic N) is 3. The number of fused-ring (bicyclic) bond motifs is 9. The summed E-state index contributed by atoms with van der Waals surface area (Å²) in [5.74, 6) is 5.89. The van der Waals surface area contributed by atoms with Crippen molar-refractivity contribution in [3.8, 4) is 67.7 Å². The van der Waals surface area contributed by atoms with Gasteiger partial charge in [-0.2, -0.15) is 0 Å². The van der Waals surface area contributed by atoms with Crippen molar-refractivity contribution < 1.29 is 4.74 Å². The van der Waals surface area contributed by atoms with E-state index in [1.807, 2.05) is 0 Å². The molecular weight excluding hydrogens is 743 g/mol. The van der Waals surface area contributed by atoms with Gasteiger partial charge < -0.3 is 4.74 Å². The van der Waals surface area contributed by atoms with E-state index >= 15 is 0 Å². The SMILES string of the molecule is C=C1C2C[C@@H]3C[C@@H]1CC(c1nc(-c4ccc(-c5ccccc5)cc4)nc(-c4ccccc4-c4cccc5c4Oc4ccccc4C54c5ccccc5-c5ccccc54)n1)(C2)C3. The van der Waals surface area contributed by atoms with Crippen molar-refractivity contribution in [2.75, 3.05) is 0 Å². The van der Waals surface area contributed by atoms with Crippen LogP contribution in [0.4, 0.5) is 0 Å². The lowest BCUT2D eigenvalue weighted by Crippen LogP contribution is -2.50. The van der Waals surface area contributed by atoms with Gasteiger partial charge in [0.05, 0.1) is 5.41 Å². The van der Waals surface area contributed by atoms with Gasteiger partial charge in [0.25, 0.3) is 0 Å². The van der Waals surface area contributed by atoms with Crippen LogP contribution >= 0.6 is 0 Å². The minimum Gasteiger partial charge on any atom is -0.456 e. The van der Waals surface area contributed by atoms with Crippen LogP contribution in [0.1, 0.15) is 60.2 Å². The van der Waals surface area contributed by atoms with E-state index in [2.05, 4.69) is 176 Å². The van der Waals surface area contributed by atoms with Crippen molar-refractivity contribution in [3.63, 3.8) is 0 Å². The Morgan fingerprint density at radius 2 is 0.984 bits per heavy atom. The molecule has 4 atom stereocenters. The second-order valence-electron chi connectivity index (χ2n) is 18.1. The molecule has 5 aliphatic carbocycles. The summed E-state index contributed by atoms with van der Waals surface area (Å²) in [5, 5.41) is 0. The lowest BCUT2D eigenvalue weighted by molar-refractivity contribution is 0.0356. The number of benzene rings is 7. The van der Waals surface area contributed by atoms with E-state index < -0.39 is 5.41 Å². The van der Waals surface area contributed by atoms with Crippen LogP contribution < -0.4 is 4.74 Å². The number of ether oxygens (including phenoxy) is 1. The summed E-state index contributed by atoms with van der Waals surface area (Å²) in [4.78, 5) is 16.4. The molecule has 0 radical (unpaired) electrons. The van der Waals surface area contributed by atoms with Crippen LogP contribution in [0.2, 0.25) is 0 Å². The Bertz CT molecular complexity index is 3030. The van der Waals surface area contributed by atoms with Crippen LogP contribution in [0.3, 0.4) is 0 Å². The second-order valence-corrected chi connectivity index (χ2v) is 18.1. The summed E-state index contributed by atoms with van der Waals surface area (Å²) in [6.45, 7) is 4.62. The smallest absolute Gasteiger partial charge is 0.164 e. The first-order chi connectivity index (χ1) is 30.1. The minimum absolute atomic E-state index is 0.0859. The van der Waals surface area contributed by atoms with E-state index in [1.165, 1.54) is 51.8 Å². The average Bonchev–Trinajstić information content (AvgIpc) is 3.61. The van der Waals surface area contributed by atoms with Gasteiger partial charge in [-0.05, 0) is 94.9 Å². The molecule has 4 fully saturated rings. The topological polar surface area (TPSA) is 47.9 Å². The highest BCUT2D eigenvalue weighted by atomic mass is 16.5. The fourth-order valence-electron chi connectivity index (χ4n) is 12.5. The van der Waals surface area contributed by atoms with Crippen molar-refractivity contribution in [2.24, 2.45) is 17.8 Å². The largest absolute Gasteiger partial charge is 0.456 e. The van der Waals surface area contributed by atoms with Gasteiger partial charge in [0.2, 0.25) is 0 Å². The number of hydrogen-bond acceptors (Lipinski definition) is 4. The Kier molecular flexibility index (Phi) is 7.46. The fourth-order valence-corrected chi connectivity index (χ4v) is 12.5. The van der Waals surface area contributed by atoms with Crippen LogP contribution in [0.15, 0.2) is 182 Å². The first-order valence-corrected chi connectivity index (χ1v) is 21.9. The first-order valence-electron chi connectivity index (χ1n) is 21.9. The van der Waals surface area contributed by atoms with Gasteiger partial charge in [-0.25, -0.2) is 15.0 Å². The second kappa shape index (κ2) is 13.0. The number of allylic oxidation sites excluding steroid dienone is 1. The molecule has 1 spiro atoms. The zero-order valence-electron chi connectivity index (χ0n) is 33.9. The monoisotopic (exact) mass is 785 g/mol. The maximum Gasteiger partial charge on any atom is 0.164 e. The third kappa shape index (κ3) is 5.02. The van der Waals surface area contributed by atoms with Crippen LogP contribution in [0.25, 0.3) is 56.2 Å². The summed E-state index contributed by atoms with van der Waals surface area (Å²) >= 11 is 0. The van der Waals surface area contributed by atoms with Crippen LogP contribution in [0.5, 0.6) is 11.5 Å². The van der Waals surface area contributed by atoms with Gasteiger partial charge in [-0.3, -0.25) is 0 Å². The quantitative estimate of drug-likeness (QED) is 0.163. The van der Waals surface area contributed by atoms with Crippen LogP contribution in [-0.2, 0) is 10.8 Å². The van der Waals surface area contributed by atoms with Crippen molar-refractivity contribution in [1.82, 2.24) is 15.0 Å². The van der Waals surface area contributed by atoms with Gasteiger partial charge in [0, 0.05) is 33.2 Å². The van der Waals surface area contributed by atoms with Crippen molar-refractivity contribution in [1.29, 1.82) is 0 Å². The van der Waals surface area contributed by atoms with Gasteiger partial charge in [-0.15, -0.1) is 0 Å². The highest BCUT2D eigenvalue weighted by molar-refractivity contribution is 5.92. The number of rotatable bonds is 5. The molecule has 7 aromatic carbocycles. The Morgan fingerprint density at radius 3 is 1.70 bits per heavy atom. The number of hydrogen-bond donors (Lipinski definition) is 0. The maximum absolute atomic E-state index is 7.15. The van der Waals surface area contributed by atoms with Crippen molar-refractivity contribution in [3.05, 3.63) is 210 Å². The molecule has 4 heteroatoms. The summed E-state index contributed by atoms with van der Waals surface area (Å²) < 4.78 is 7.15. The summed E-state index contributed by atoms with van der Waals surface area (Å²) in [6.07, 6.45) is 5.78. The molecule has 4 bridgehead atoms. The van der Waals surface area contributed by atoms with Gasteiger partial charge in [0.15, 0.2) is 11.6 Å². The lowest BCUT2D eigenvalue weighted by Gasteiger charge is -2.57. The van der Waals surface area contributed by atoms with Crippen LogP contribution in [0, 0.1) is 17.8 Å². The van der Waals surface area contributed by atoms with Gasteiger partial charge in [-0.1, -0.05) is 176 Å². The van der Waals surface area contributed by atoms with E-state index in [9.17, 15) is 0 Å². The average molecular weight is 786 g/mol. The van der Waals surface area contributed by atoms with Crippen molar-refractivity contribution >= 4 is 0 Å².